The standard InChI is InChI=1S/C9H16ClNO4S2/c1-7(12)11-8(9(13)14)6-16-3-5-17(15)4-2-10/h8H,2-6H2,1H3,(H,11,12)(H,13,14). The first kappa shape index (κ1) is 16.7. The minimum absolute atomic E-state index is 0.271. The second-order valence-electron chi connectivity index (χ2n) is 3.20. The molecule has 0 saturated carbocycles. The van der Waals surface area contributed by atoms with E-state index in [-0.39, 0.29) is 11.7 Å². The Bertz CT molecular complexity index is 288. The molecule has 0 aromatic heterocycles. The van der Waals surface area contributed by atoms with E-state index in [2.05, 4.69) is 5.32 Å². The summed E-state index contributed by atoms with van der Waals surface area (Å²) in [6, 6.07) is -0.890. The molecule has 0 fully saturated rings. The van der Waals surface area contributed by atoms with Crippen LogP contribution in [-0.2, 0) is 20.4 Å². The summed E-state index contributed by atoms with van der Waals surface area (Å²) in [5.74, 6) is 0.735. The normalized spacial score (nSPS) is 14.0. The second kappa shape index (κ2) is 9.73. The summed E-state index contributed by atoms with van der Waals surface area (Å²) in [5.41, 5.74) is 0. The quantitative estimate of drug-likeness (QED) is 0.473. The van der Waals surface area contributed by atoms with Crippen molar-refractivity contribution < 1.29 is 18.9 Å². The third-order valence-electron chi connectivity index (χ3n) is 1.72. The minimum atomic E-state index is -1.06. The molecular formula is C9H16ClNO4S2. The van der Waals surface area contributed by atoms with Gasteiger partial charge in [-0.25, -0.2) is 4.79 Å². The molecule has 0 aromatic carbocycles. The van der Waals surface area contributed by atoms with E-state index >= 15 is 0 Å². The molecule has 0 heterocycles. The van der Waals surface area contributed by atoms with E-state index in [1.54, 1.807) is 0 Å². The average molecular weight is 302 g/mol. The summed E-state index contributed by atoms with van der Waals surface area (Å²) in [6.07, 6.45) is 0. The van der Waals surface area contributed by atoms with Crippen molar-refractivity contribution in [2.24, 2.45) is 0 Å². The summed E-state index contributed by atoms with van der Waals surface area (Å²) in [5, 5.41) is 11.1. The zero-order valence-electron chi connectivity index (χ0n) is 9.48. The number of carbonyl (C=O) groups excluding carboxylic acids is 1. The molecule has 0 spiro atoms. The number of carboxylic acids is 1. The Morgan fingerprint density at radius 3 is 2.59 bits per heavy atom. The highest BCUT2D eigenvalue weighted by Gasteiger charge is 2.17. The molecule has 0 aliphatic rings. The van der Waals surface area contributed by atoms with E-state index in [1.807, 2.05) is 0 Å². The fourth-order valence-corrected chi connectivity index (χ4v) is 3.70. The van der Waals surface area contributed by atoms with Crippen LogP contribution >= 0.6 is 23.4 Å². The number of amides is 1. The summed E-state index contributed by atoms with van der Waals surface area (Å²) in [6.45, 7) is 1.27. The van der Waals surface area contributed by atoms with Crippen LogP contribution in [0.25, 0.3) is 0 Å². The van der Waals surface area contributed by atoms with Gasteiger partial charge in [0, 0.05) is 46.6 Å². The summed E-state index contributed by atoms with van der Waals surface area (Å²) in [7, 11) is -0.944. The number of nitrogens with one attached hydrogen (secondary N) is 1. The van der Waals surface area contributed by atoms with E-state index in [0.29, 0.717) is 23.1 Å². The molecule has 2 N–H and O–H groups in total. The summed E-state index contributed by atoms with van der Waals surface area (Å²) >= 11 is 6.79. The lowest BCUT2D eigenvalue weighted by atomic mass is 10.3. The van der Waals surface area contributed by atoms with Gasteiger partial charge in [0.25, 0.3) is 0 Å². The van der Waals surface area contributed by atoms with Crippen molar-refractivity contribution in [3.63, 3.8) is 0 Å². The minimum Gasteiger partial charge on any atom is -0.480 e. The molecule has 100 valence electrons. The van der Waals surface area contributed by atoms with E-state index in [0.717, 1.165) is 0 Å². The van der Waals surface area contributed by atoms with Gasteiger partial charge in [0.1, 0.15) is 6.04 Å². The van der Waals surface area contributed by atoms with Crippen LogP contribution in [-0.4, -0.2) is 56.1 Å². The van der Waals surface area contributed by atoms with Crippen LogP contribution in [0.15, 0.2) is 0 Å². The molecule has 2 unspecified atom stereocenters. The Morgan fingerprint density at radius 1 is 1.47 bits per heavy atom. The molecule has 0 rings (SSSR count). The first-order chi connectivity index (χ1) is 7.97. The molecule has 0 bridgehead atoms. The van der Waals surface area contributed by atoms with Gasteiger partial charge in [0.2, 0.25) is 5.91 Å². The lowest BCUT2D eigenvalue weighted by Crippen LogP contribution is -2.41. The van der Waals surface area contributed by atoms with Gasteiger partial charge in [-0.3, -0.25) is 9.00 Å². The number of rotatable bonds is 9. The molecule has 1 amide bonds. The van der Waals surface area contributed by atoms with Gasteiger partial charge < -0.3 is 10.4 Å². The maximum Gasteiger partial charge on any atom is 0.327 e. The van der Waals surface area contributed by atoms with Gasteiger partial charge in [0.15, 0.2) is 0 Å². The number of halogens is 1. The van der Waals surface area contributed by atoms with Crippen molar-refractivity contribution >= 4 is 46.0 Å². The van der Waals surface area contributed by atoms with Crippen LogP contribution in [0.2, 0.25) is 0 Å². The third-order valence-corrected chi connectivity index (χ3v) is 4.77. The smallest absolute Gasteiger partial charge is 0.327 e. The number of carbonyl (C=O) groups is 2. The largest absolute Gasteiger partial charge is 0.480 e. The zero-order chi connectivity index (χ0) is 13.3. The molecule has 8 heteroatoms. The Balaban J connectivity index is 3.79. The molecule has 0 saturated heterocycles. The predicted molar refractivity (Wildman–Crippen MR) is 71.2 cm³/mol. The fraction of sp³-hybridized carbons (Fsp3) is 0.778. The highest BCUT2D eigenvalue weighted by atomic mass is 35.5. The van der Waals surface area contributed by atoms with Crippen molar-refractivity contribution in [2.75, 3.05) is 28.9 Å². The van der Waals surface area contributed by atoms with E-state index in [1.165, 1.54) is 18.7 Å². The van der Waals surface area contributed by atoms with Crippen molar-refractivity contribution in [2.45, 2.75) is 13.0 Å². The zero-order valence-corrected chi connectivity index (χ0v) is 11.9. The SMILES string of the molecule is CC(=O)NC(CSCCS(=O)CCCl)C(=O)O. The Morgan fingerprint density at radius 2 is 2.12 bits per heavy atom. The van der Waals surface area contributed by atoms with Gasteiger partial charge in [-0.05, 0) is 0 Å². The lowest BCUT2D eigenvalue weighted by Gasteiger charge is -2.12. The number of alkyl halides is 1. The van der Waals surface area contributed by atoms with Crippen LogP contribution < -0.4 is 5.32 Å². The molecule has 0 radical (unpaired) electrons. The van der Waals surface area contributed by atoms with Crippen molar-refractivity contribution in [3.05, 3.63) is 0 Å². The summed E-state index contributed by atoms with van der Waals surface area (Å²) < 4.78 is 11.2. The molecule has 17 heavy (non-hydrogen) atoms. The lowest BCUT2D eigenvalue weighted by molar-refractivity contribution is -0.140. The number of hydrogen-bond acceptors (Lipinski definition) is 4. The molecule has 0 aliphatic heterocycles. The molecule has 0 aromatic rings. The monoisotopic (exact) mass is 301 g/mol. The first-order valence-electron chi connectivity index (χ1n) is 4.96. The van der Waals surface area contributed by atoms with Crippen LogP contribution in [0.5, 0.6) is 0 Å². The summed E-state index contributed by atoms with van der Waals surface area (Å²) in [4.78, 5) is 21.5. The second-order valence-corrected chi connectivity index (χ2v) is 6.43. The Hall–Kier alpha value is -0.270. The number of aliphatic carboxylic acids is 1. The van der Waals surface area contributed by atoms with E-state index in [4.69, 9.17) is 16.7 Å². The number of carboxylic acid groups (broad SMARTS) is 1. The van der Waals surface area contributed by atoms with Crippen molar-refractivity contribution in [3.8, 4) is 0 Å². The van der Waals surface area contributed by atoms with Crippen LogP contribution in [0, 0.1) is 0 Å². The average Bonchev–Trinajstić information content (AvgIpc) is 2.22. The van der Waals surface area contributed by atoms with Gasteiger partial charge in [-0.2, -0.15) is 11.8 Å². The highest BCUT2D eigenvalue weighted by molar-refractivity contribution is 8.00. The van der Waals surface area contributed by atoms with Gasteiger partial charge >= 0.3 is 5.97 Å². The van der Waals surface area contributed by atoms with Crippen molar-refractivity contribution in [1.29, 1.82) is 0 Å². The molecule has 2 atom stereocenters. The topological polar surface area (TPSA) is 83.5 Å². The molecule has 5 nitrogen and oxygen atoms in total. The van der Waals surface area contributed by atoms with Crippen LogP contribution in [0.1, 0.15) is 6.92 Å². The van der Waals surface area contributed by atoms with Gasteiger partial charge in [0.05, 0.1) is 0 Å². The Labute approximate surface area is 112 Å². The Kier molecular flexibility index (Phi) is 9.57. The van der Waals surface area contributed by atoms with E-state index in [9.17, 15) is 13.8 Å². The maximum atomic E-state index is 11.2. The first-order valence-corrected chi connectivity index (χ1v) is 8.13. The molecular weight excluding hydrogens is 286 g/mol. The predicted octanol–water partition coefficient (Wildman–Crippen LogP) is 0.296. The third kappa shape index (κ3) is 9.43. The van der Waals surface area contributed by atoms with Gasteiger partial charge in [-0.1, -0.05) is 0 Å². The van der Waals surface area contributed by atoms with Gasteiger partial charge in [-0.15, -0.1) is 11.6 Å². The van der Waals surface area contributed by atoms with Crippen LogP contribution in [0.4, 0.5) is 0 Å². The van der Waals surface area contributed by atoms with Crippen molar-refractivity contribution in [1.82, 2.24) is 5.32 Å². The maximum absolute atomic E-state index is 11.2. The van der Waals surface area contributed by atoms with Crippen LogP contribution in [0.3, 0.4) is 0 Å². The fourth-order valence-electron chi connectivity index (χ4n) is 0.961. The highest BCUT2D eigenvalue weighted by Crippen LogP contribution is 2.04. The molecule has 0 aliphatic carbocycles. The number of hydrogen-bond donors (Lipinski definition) is 2. The van der Waals surface area contributed by atoms with E-state index < -0.39 is 22.8 Å². The number of thioether (sulfide) groups is 1.